The van der Waals surface area contributed by atoms with Gasteiger partial charge in [-0.1, -0.05) is 6.07 Å². The van der Waals surface area contributed by atoms with Crippen LogP contribution in [0.15, 0.2) is 36.4 Å². The van der Waals surface area contributed by atoms with E-state index in [0.717, 1.165) is 31.1 Å². The smallest absolute Gasteiger partial charge is 0.261 e. The van der Waals surface area contributed by atoms with E-state index >= 15 is 0 Å². The Morgan fingerprint density at radius 2 is 1.41 bits per heavy atom. The average Bonchev–Trinajstić information content (AvgIpc) is 3.41. The van der Waals surface area contributed by atoms with E-state index in [-0.39, 0.29) is 12.7 Å². The maximum atomic E-state index is 12.8. The second-order valence-electron chi connectivity index (χ2n) is 7.56. The first kappa shape index (κ1) is 22.2. The molecule has 11 heteroatoms. The fraction of sp³-hybridized carbons (Fsp3) is 0.381. The minimum atomic E-state index is -3.67. The van der Waals surface area contributed by atoms with Gasteiger partial charge >= 0.3 is 0 Å². The molecule has 3 aliphatic heterocycles. The van der Waals surface area contributed by atoms with Gasteiger partial charge in [0.05, 0.1) is 6.26 Å². The quantitative estimate of drug-likeness (QED) is 0.677. The minimum Gasteiger partial charge on any atom is -0.454 e. The predicted molar refractivity (Wildman–Crippen MR) is 114 cm³/mol. The topological polar surface area (TPSA) is 115 Å². The van der Waals surface area contributed by atoms with Crippen molar-refractivity contribution in [1.29, 1.82) is 0 Å². The summed E-state index contributed by atoms with van der Waals surface area (Å²) in [7, 11) is -3.67. The monoisotopic (exact) mass is 464 g/mol. The van der Waals surface area contributed by atoms with E-state index in [0.29, 0.717) is 43.2 Å². The molecule has 172 valence electrons. The molecule has 0 radical (unpaired) electrons. The third-order valence-corrected chi connectivity index (χ3v) is 5.12. The molecule has 0 spiro atoms. The van der Waals surface area contributed by atoms with Crippen molar-refractivity contribution >= 4 is 16.0 Å². The fourth-order valence-corrected chi connectivity index (χ4v) is 3.62. The van der Waals surface area contributed by atoms with Crippen molar-refractivity contribution in [2.24, 2.45) is 0 Å². The van der Waals surface area contributed by atoms with Gasteiger partial charge < -0.3 is 23.8 Å². The zero-order valence-corrected chi connectivity index (χ0v) is 18.3. The highest BCUT2D eigenvalue weighted by Crippen LogP contribution is 2.34. The molecule has 0 aliphatic carbocycles. The normalized spacial score (nSPS) is 17.0. The number of ether oxygens (including phenoxy) is 4. The second-order valence-corrected chi connectivity index (χ2v) is 9.02. The summed E-state index contributed by atoms with van der Waals surface area (Å²) in [5.74, 6) is 2.99. The lowest BCUT2D eigenvalue weighted by atomic mass is 10.1. The van der Waals surface area contributed by atoms with Gasteiger partial charge in [0, 0.05) is 38.3 Å². The molecular weight excluding hydrogens is 440 g/mol. The van der Waals surface area contributed by atoms with E-state index in [4.69, 9.17) is 23.5 Å². The highest BCUT2D eigenvalue weighted by Gasteiger charge is 2.24. The van der Waals surface area contributed by atoms with Gasteiger partial charge in [-0.3, -0.25) is 14.2 Å². The van der Waals surface area contributed by atoms with Crippen LogP contribution in [0, 0.1) is 0 Å². The Morgan fingerprint density at radius 1 is 0.875 bits per heavy atom. The molecule has 1 fully saturated rings. The number of nitrogens with zero attached hydrogens (tertiary/aromatic N) is 2. The Hall–Kier alpha value is -3.02. The maximum Gasteiger partial charge on any atom is 0.261 e. The van der Waals surface area contributed by atoms with Crippen LogP contribution >= 0.6 is 0 Å². The van der Waals surface area contributed by atoms with E-state index < -0.39 is 10.1 Å². The summed E-state index contributed by atoms with van der Waals surface area (Å²) in [6.07, 6.45) is 0.715. The Labute approximate surface area is 186 Å². The van der Waals surface area contributed by atoms with Crippen LogP contribution in [0.25, 0.3) is 0 Å². The van der Waals surface area contributed by atoms with E-state index in [1.54, 1.807) is 18.2 Å². The summed E-state index contributed by atoms with van der Waals surface area (Å²) >= 11 is 0. The van der Waals surface area contributed by atoms with Gasteiger partial charge in [0.15, 0.2) is 23.0 Å². The third-order valence-electron chi connectivity index (χ3n) is 5.12. The first-order chi connectivity index (χ1) is 15.3. The average molecular weight is 464 g/mol. The third kappa shape index (κ3) is 5.61. The molecule has 3 heterocycles. The second kappa shape index (κ2) is 9.23. The van der Waals surface area contributed by atoms with E-state index in [2.05, 4.69) is 11.0 Å². The maximum absolute atomic E-state index is 12.8. The number of benzene rings is 2. The van der Waals surface area contributed by atoms with Gasteiger partial charge in [0.2, 0.25) is 13.6 Å². The van der Waals surface area contributed by atoms with Gasteiger partial charge in [-0.05, 0) is 35.9 Å². The Kier molecular flexibility index (Phi) is 6.40. The molecule has 5 rings (SSSR count). The van der Waals surface area contributed by atoms with Crippen molar-refractivity contribution in [2.45, 2.75) is 6.54 Å². The van der Waals surface area contributed by atoms with Crippen molar-refractivity contribution in [3.05, 3.63) is 47.5 Å². The van der Waals surface area contributed by atoms with Crippen LogP contribution < -0.4 is 18.9 Å². The van der Waals surface area contributed by atoms with Crippen molar-refractivity contribution in [2.75, 3.05) is 46.0 Å². The van der Waals surface area contributed by atoms with Crippen LogP contribution in [-0.4, -0.2) is 74.7 Å². The van der Waals surface area contributed by atoms with Crippen LogP contribution in [0.5, 0.6) is 23.0 Å². The largest absolute Gasteiger partial charge is 0.454 e. The molecule has 0 bridgehead atoms. The number of carbonyl (C=O) groups excluding carboxylic acids is 1. The summed E-state index contributed by atoms with van der Waals surface area (Å²) in [5.41, 5.74) is 1.83. The first-order valence-corrected chi connectivity index (χ1v) is 11.8. The van der Waals surface area contributed by atoms with Crippen molar-refractivity contribution in [3.8, 4) is 23.0 Å². The van der Waals surface area contributed by atoms with Crippen LogP contribution in [0.4, 0.5) is 0 Å². The van der Waals surface area contributed by atoms with Crippen LogP contribution in [0.2, 0.25) is 0 Å². The van der Waals surface area contributed by atoms with E-state index in [1.807, 2.05) is 17.0 Å². The molecule has 1 saturated heterocycles. The van der Waals surface area contributed by atoms with Crippen molar-refractivity contribution in [1.82, 2.24) is 9.80 Å². The van der Waals surface area contributed by atoms with Crippen LogP contribution in [0.1, 0.15) is 15.9 Å². The summed E-state index contributed by atoms with van der Waals surface area (Å²) in [4.78, 5) is 17.0. The molecule has 0 saturated carbocycles. The Balaban J connectivity index is 0.000000444. The highest BCUT2D eigenvalue weighted by molar-refractivity contribution is 7.85. The van der Waals surface area contributed by atoms with Gasteiger partial charge in [0.25, 0.3) is 16.0 Å². The van der Waals surface area contributed by atoms with E-state index in [1.165, 1.54) is 5.56 Å². The lowest BCUT2D eigenvalue weighted by molar-refractivity contribution is 0.0628. The van der Waals surface area contributed by atoms with E-state index in [9.17, 15) is 13.2 Å². The van der Waals surface area contributed by atoms with Crippen LogP contribution in [-0.2, 0) is 16.7 Å². The van der Waals surface area contributed by atoms with Gasteiger partial charge in [-0.25, -0.2) is 0 Å². The predicted octanol–water partition coefficient (Wildman–Crippen LogP) is 1.61. The summed E-state index contributed by atoms with van der Waals surface area (Å²) in [6, 6.07) is 11.4. The Morgan fingerprint density at radius 3 is 2.03 bits per heavy atom. The van der Waals surface area contributed by atoms with Crippen LogP contribution in [0.3, 0.4) is 0 Å². The standard InChI is InChI=1S/C20H20N2O5.CH4O3S/c23-20(15-2-4-17-19(10-15)27-13-25-17)22-7-5-21(6-8-22)11-14-1-3-16-18(9-14)26-12-24-16;1-5(2,3)4/h1-4,9-10H,5-8,11-13H2;1H3,(H,2,3,4). The molecule has 2 aromatic rings. The molecule has 32 heavy (non-hydrogen) atoms. The molecule has 1 amide bonds. The Bertz CT molecular complexity index is 1090. The minimum absolute atomic E-state index is 0.0380. The number of fused-ring (bicyclic) bond motifs is 2. The lowest BCUT2D eigenvalue weighted by Gasteiger charge is -2.34. The van der Waals surface area contributed by atoms with Gasteiger partial charge in [-0.15, -0.1) is 0 Å². The highest BCUT2D eigenvalue weighted by atomic mass is 32.2. The number of rotatable bonds is 3. The molecule has 0 unspecified atom stereocenters. The lowest BCUT2D eigenvalue weighted by Crippen LogP contribution is -2.48. The molecule has 2 aromatic carbocycles. The number of amides is 1. The van der Waals surface area contributed by atoms with Crippen molar-refractivity contribution in [3.63, 3.8) is 0 Å². The number of piperazine rings is 1. The first-order valence-electron chi connectivity index (χ1n) is 9.98. The zero-order chi connectivity index (χ0) is 22.7. The summed E-state index contributed by atoms with van der Waals surface area (Å²) in [5, 5.41) is 0. The molecule has 0 atom stereocenters. The number of hydrogen-bond acceptors (Lipinski definition) is 8. The molecular formula is C21H24N2O8S. The van der Waals surface area contributed by atoms with Crippen molar-refractivity contribution < 1.29 is 36.7 Å². The zero-order valence-electron chi connectivity index (χ0n) is 17.5. The molecule has 3 aliphatic rings. The number of hydrogen-bond donors (Lipinski definition) is 1. The summed E-state index contributed by atoms with van der Waals surface area (Å²) in [6.45, 7) is 4.43. The molecule has 1 N–H and O–H groups in total. The SMILES string of the molecule is CS(=O)(=O)O.O=C(c1ccc2c(c1)OCO2)N1CCN(Cc2ccc3c(c2)OCO3)CC1. The fourth-order valence-electron chi connectivity index (χ4n) is 3.62. The molecule has 0 aromatic heterocycles. The van der Waals surface area contributed by atoms with Gasteiger partial charge in [-0.2, -0.15) is 8.42 Å². The summed E-state index contributed by atoms with van der Waals surface area (Å²) < 4.78 is 47.3. The number of carbonyl (C=O) groups is 1. The molecule has 10 nitrogen and oxygen atoms in total. The van der Waals surface area contributed by atoms with Gasteiger partial charge in [0.1, 0.15) is 0 Å².